The minimum atomic E-state index is -0.232. The number of likely N-dealkylation sites (tertiary alicyclic amines) is 1. The number of aromatic nitrogens is 2. The zero-order chi connectivity index (χ0) is 22.3. The van der Waals surface area contributed by atoms with Crippen molar-refractivity contribution < 1.29 is 18.8 Å². The number of hydrogen-bond acceptors (Lipinski definition) is 7. The van der Waals surface area contributed by atoms with Gasteiger partial charge in [-0.15, -0.1) is 0 Å². The maximum absolute atomic E-state index is 12.8. The fourth-order valence-corrected chi connectivity index (χ4v) is 4.40. The topological polar surface area (TPSA) is 92.0 Å². The van der Waals surface area contributed by atoms with Crippen LogP contribution in [0.4, 0.5) is 4.79 Å². The van der Waals surface area contributed by atoms with E-state index in [1.165, 1.54) is 0 Å². The molecule has 0 bridgehead atoms. The summed E-state index contributed by atoms with van der Waals surface area (Å²) < 4.78 is 10.4. The van der Waals surface area contributed by atoms with Crippen LogP contribution in [0.5, 0.6) is 0 Å². The van der Waals surface area contributed by atoms with E-state index in [4.69, 9.17) is 9.26 Å². The SMILES string of the molecule is CCOC(=O)N1CCN([C@H]2CCCN(C(=O)CCc3nc(-c4ccccc4)no3)C2)CC1. The van der Waals surface area contributed by atoms with Gasteiger partial charge in [0.2, 0.25) is 17.6 Å². The minimum Gasteiger partial charge on any atom is -0.450 e. The van der Waals surface area contributed by atoms with Crippen LogP contribution in [-0.4, -0.2) is 88.8 Å². The highest BCUT2D eigenvalue weighted by Gasteiger charge is 2.31. The number of aryl methyl sites for hydroxylation is 1. The molecule has 2 saturated heterocycles. The molecule has 0 N–H and O–H groups in total. The highest BCUT2D eigenvalue weighted by Crippen LogP contribution is 2.20. The van der Waals surface area contributed by atoms with Gasteiger partial charge in [-0.25, -0.2) is 4.79 Å². The van der Waals surface area contributed by atoms with Gasteiger partial charge in [0.05, 0.1) is 6.61 Å². The van der Waals surface area contributed by atoms with Crippen LogP contribution in [0, 0.1) is 0 Å². The number of nitrogens with zero attached hydrogens (tertiary/aromatic N) is 5. The minimum absolute atomic E-state index is 0.124. The molecule has 172 valence electrons. The predicted molar refractivity (Wildman–Crippen MR) is 118 cm³/mol. The molecular formula is C23H31N5O4. The van der Waals surface area contributed by atoms with Crippen LogP contribution in [0.25, 0.3) is 11.4 Å². The van der Waals surface area contributed by atoms with Gasteiger partial charge < -0.3 is 19.1 Å². The second-order valence-electron chi connectivity index (χ2n) is 8.24. The van der Waals surface area contributed by atoms with Crippen molar-refractivity contribution in [3.05, 3.63) is 36.2 Å². The Bertz CT molecular complexity index is 895. The monoisotopic (exact) mass is 441 g/mol. The van der Waals surface area contributed by atoms with E-state index in [1.807, 2.05) is 42.2 Å². The Morgan fingerprint density at radius 3 is 2.62 bits per heavy atom. The Morgan fingerprint density at radius 2 is 1.88 bits per heavy atom. The summed E-state index contributed by atoms with van der Waals surface area (Å²) in [7, 11) is 0. The summed E-state index contributed by atoms with van der Waals surface area (Å²) in [6.07, 6.45) is 2.64. The molecule has 2 aromatic rings. The zero-order valence-corrected chi connectivity index (χ0v) is 18.6. The summed E-state index contributed by atoms with van der Waals surface area (Å²) in [5.41, 5.74) is 0.899. The Morgan fingerprint density at radius 1 is 1.09 bits per heavy atom. The Balaban J connectivity index is 1.24. The van der Waals surface area contributed by atoms with E-state index in [9.17, 15) is 9.59 Å². The third-order valence-corrected chi connectivity index (χ3v) is 6.16. The van der Waals surface area contributed by atoms with Crippen molar-refractivity contribution in [2.24, 2.45) is 0 Å². The van der Waals surface area contributed by atoms with Crippen LogP contribution in [0.1, 0.15) is 32.1 Å². The first-order chi connectivity index (χ1) is 15.6. The number of rotatable bonds is 6. The Hall–Kier alpha value is -2.94. The third kappa shape index (κ3) is 5.45. The molecule has 2 aliphatic rings. The molecule has 32 heavy (non-hydrogen) atoms. The maximum atomic E-state index is 12.8. The number of piperazine rings is 1. The lowest BCUT2D eigenvalue weighted by Crippen LogP contribution is -2.56. The van der Waals surface area contributed by atoms with Crippen molar-refractivity contribution in [3.63, 3.8) is 0 Å². The first-order valence-corrected chi connectivity index (χ1v) is 11.5. The molecule has 0 unspecified atom stereocenters. The number of benzene rings is 1. The molecular weight excluding hydrogens is 410 g/mol. The van der Waals surface area contributed by atoms with Gasteiger partial charge in [-0.3, -0.25) is 9.69 Å². The van der Waals surface area contributed by atoms with E-state index in [0.29, 0.717) is 50.3 Å². The molecule has 0 saturated carbocycles. The average molecular weight is 442 g/mol. The molecule has 1 atom stereocenters. The van der Waals surface area contributed by atoms with E-state index in [-0.39, 0.29) is 12.0 Å². The van der Waals surface area contributed by atoms with Gasteiger partial charge in [0, 0.05) is 63.7 Å². The smallest absolute Gasteiger partial charge is 0.409 e. The van der Waals surface area contributed by atoms with Crippen LogP contribution in [0.3, 0.4) is 0 Å². The number of ether oxygens (including phenoxy) is 1. The Labute approximate surface area is 188 Å². The second kappa shape index (κ2) is 10.6. The van der Waals surface area contributed by atoms with Gasteiger partial charge in [0.15, 0.2) is 0 Å². The molecule has 3 heterocycles. The van der Waals surface area contributed by atoms with E-state index >= 15 is 0 Å². The standard InChI is InChI=1S/C23H31N5O4/c1-2-31-23(30)27-15-13-26(14-16-27)19-9-6-12-28(17-19)21(29)11-10-20-24-22(25-32-20)18-7-4-3-5-8-18/h3-5,7-8,19H,2,6,9-17H2,1H3/t19-/m0/s1. The summed E-state index contributed by atoms with van der Waals surface area (Å²) >= 11 is 0. The van der Waals surface area contributed by atoms with Gasteiger partial charge in [-0.2, -0.15) is 4.98 Å². The van der Waals surface area contributed by atoms with Crippen LogP contribution < -0.4 is 0 Å². The van der Waals surface area contributed by atoms with Gasteiger partial charge in [-0.1, -0.05) is 35.5 Å². The number of piperidine rings is 1. The van der Waals surface area contributed by atoms with Crippen molar-refractivity contribution in [2.45, 2.75) is 38.6 Å². The lowest BCUT2D eigenvalue weighted by atomic mass is 10.0. The summed E-state index contributed by atoms with van der Waals surface area (Å²) in [4.78, 5) is 35.3. The van der Waals surface area contributed by atoms with Crippen molar-refractivity contribution in [1.82, 2.24) is 24.8 Å². The lowest BCUT2D eigenvalue weighted by Gasteiger charge is -2.43. The fourth-order valence-electron chi connectivity index (χ4n) is 4.40. The summed E-state index contributed by atoms with van der Waals surface area (Å²) in [5.74, 6) is 1.16. The number of carbonyl (C=O) groups excluding carboxylic acids is 2. The molecule has 2 fully saturated rings. The molecule has 9 nitrogen and oxygen atoms in total. The van der Waals surface area contributed by atoms with E-state index in [0.717, 1.165) is 44.6 Å². The van der Waals surface area contributed by atoms with Gasteiger partial charge in [0.1, 0.15) is 0 Å². The van der Waals surface area contributed by atoms with E-state index in [1.54, 1.807) is 4.90 Å². The molecule has 9 heteroatoms. The van der Waals surface area contributed by atoms with Crippen LogP contribution in [-0.2, 0) is 16.0 Å². The van der Waals surface area contributed by atoms with Crippen molar-refractivity contribution in [1.29, 1.82) is 0 Å². The van der Waals surface area contributed by atoms with Crippen LogP contribution in [0.2, 0.25) is 0 Å². The molecule has 2 aliphatic heterocycles. The molecule has 4 rings (SSSR count). The van der Waals surface area contributed by atoms with Gasteiger partial charge in [-0.05, 0) is 19.8 Å². The molecule has 0 radical (unpaired) electrons. The lowest BCUT2D eigenvalue weighted by molar-refractivity contribution is -0.133. The number of carbonyl (C=O) groups is 2. The second-order valence-corrected chi connectivity index (χ2v) is 8.24. The van der Waals surface area contributed by atoms with Crippen LogP contribution >= 0.6 is 0 Å². The summed E-state index contributed by atoms with van der Waals surface area (Å²) in [6, 6.07) is 10.00. The maximum Gasteiger partial charge on any atom is 0.409 e. The summed E-state index contributed by atoms with van der Waals surface area (Å²) in [6.45, 7) is 6.72. The quantitative estimate of drug-likeness (QED) is 0.680. The predicted octanol–water partition coefficient (Wildman–Crippen LogP) is 2.43. The zero-order valence-electron chi connectivity index (χ0n) is 18.6. The van der Waals surface area contributed by atoms with Gasteiger partial charge >= 0.3 is 6.09 Å². The van der Waals surface area contributed by atoms with Crippen molar-refractivity contribution >= 4 is 12.0 Å². The molecule has 0 spiro atoms. The Kier molecular flexibility index (Phi) is 7.36. The third-order valence-electron chi connectivity index (χ3n) is 6.16. The fraction of sp³-hybridized carbons (Fsp3) is 0.565. The highest BCUT2D eigenvalue weighted by molar-refractivity contribution is 5.76. The number of hydrogen-bond donors (Lipinski definition) is 0. The molecule has 2 amide bonds. The molecule has 0 aliphatic carbocycles. The van der Waals surface area contributed by atoms with E-state index < -0.39 is 0 Å². The molecule has 1 aromatic carbocycles. The van der Waals surface area contributed by atoms with Crippen molar-refractivity contribution in [2.75, 3.05) is 45.9 Å². The first kappa shape index (κ1) is 22.3. The largest absolute Gasteiger partial charge is 0.450 e. The highest BCUT2D eigenvalue weighted by atomic mass is 16.6. The van der Waals surface area contributed by atoms with Crippen molar-refractivity contribution in [3.8, 4) is 11.4 Å². The van der Waals surface area contributed by atoms with E-state index in [2.05, 4.69) is 15.0 Å². The molecule has 1 aromatic heterocycles. The van der Waals surface area contributed by atoms with Crippen LogP contribution in [0.15, 0.2) is 34.9 Å². The van der Waals surface area contributed by atoms with Gasteiger partial charge in [0.25, 0.3) is 0 Å². The summed E-state index contributed by atoms with van der Waals surface area (Å²) in [5, 5.41) is 4.03. The average Bonchev–Trinajstić information content (AvgIpc) is 3.32. The number of amides is 2. The normalized spacial score (nSPS) is 19.7. The first-order valence-electron chi connectivity index (χ1n) is 11.5.